The first-order chi connectivity index (χ1) is 26.8. The van der Waals surface area contributed by atoms with Gasteiger partial charge in [0.15, 0.2) is 0 Å². The van der Waals surface area contributed by atoms with E-state index in [2.05, 4.69) is 95.7 Å². The van der Waals surface area contributed by atoms with Crippen LogP contribution in [-0.4, -0.2) is 27.5 Å². The Bertz CT molecular complexity index is 1760. The van der Waals surface area contributed by atoms with Gasteiger partial charge >= 0.3 is 0 Å². The first kappa shape index (κ1) is 48.5. The van der Waals surface area contributed by atoms with Crippen LogP contribution < -0.4 is 22.1 Å². The highest BCUT2D eigenvalue weighted by molar-refractivity contribution is 6.07. The predicted octanol–water partition coefficient (Wildman–Crippen LogP) is 12.3. The number of primary amides is 1. The van der Waals surface area contributed by atoms with Gasteiger partial charge in [-0.05, 0) is 139 Å². The van der Waals surface area contributed by atoms with Gasteiger partial charge in [0.05, 0.1) is 5.56 Å². The normalized spacial score (nSPS) is 25.9. The number of aryl methyl sites for hydroxylation is 2. The topological polar surface area (TPSA) is 105 Å². The van der Waals surface area contributed by atoms with Gasteiger partial charge in [-0.1, -0.05) is 112 Å². The maximum Gasteiger partial charge on any atom is 0.251 e. The SMILES string of the molecule is CCC(C)C(C)C1CCCC(C)C1.CCC(CCNNC1(C)CCC(C)CC(C)(CC)C1)[C@H](C)n1c(C)c(C(N)=O)c2ccccc21.Cc1cc(C)c(C)c(=O)[nH]1. The van der Waals surface area contributed by atoms with Crippen LogP contribution in [-0.2, 0) is 0 Å². The molecule has 0 spiro atoms. The van der Waals surface area contributed by atoms with Crippen LogP contribution in [0.3, 0.4) is 0 Å². The molecule has 57 heavy (non-hydrogen) atoms. The number of nitrogens with zero attached hydrogens (tertiary/aromatic N) is 1. The highest BCUT2D eigenvalue weighted by Crippen LogP contribution is 2.44. The van der Waals surface area contributed by atoms with Crippen molar-refractivity contribution < 1.29 is 4.79 Å². The van der Waals surface area contributed by atoms with Crippen LogP contribution in [0.4, 0.5) is 0 Å². The summed E-state index contributed by atoms with van der Waals surface area (Å²) in [6, 6.07) is 10.4. The molecule has 2 saturated carbocycles. The summed E-state index contributed by atoms with van der Waals surface area (Å²) in [5.41, 5.74) is 19.2. The van der Waals surface area contributed by atoms with E-state index in [-0.39, 0.29) is 23.0 Å². The number of rotatable bonds is 13. The number of aromatic amines is 1. The second kappa shape index (κ2) is 21.9. The standard InChI is InChI=1S/C29H48N4O.C13H26.C8H11NO/c1-8-23(15-17-31-32-29(7)16-14-20(3)18-28(6,9-2)19-29)21(4)33-22(5)26(27(30)34)24-12-10-11-13-25(24)33;1-5-11(3)12(4)13-8-6-7-10(2)9-13;1-5-4-6(2)9-8(10)7(5)3/h10-13,20-21,23,31-32H,8-9,14-19H2,1-7H3,(H2,30,34);10-13H,5-9H2,1-4H3;4H,1-3H3,(H,9,10)/t20?,21-,23?,28?,29?;;/m0../s1. The number of benzene rings is 1. The fourth-order valence-electron chi connectivity index (χ4n) is 10.5. The van der Waals surface area contributed by atoms with Gasteiger partial charge < -0.3 is 15.3 Å². The molecule has 5 N–H and O–H groups in total. The number of amides is 1. The largest absolute Gasteiger partial charge is 0.366 e. The van der Waals surface area contributed by atoms with E-state index < -0.39 is 0 Å². The van der Waals surface area contributed by atoms with E-state index in [1.165, 1.54) is 64.2 Å². The Morgan fingerprint density at radius 2 is 1.67 bits per heavy atom. The van der Waals surface area contributed by atoms with Crippen molar-refractivity contribution in [1.82, 2.24) is 20.4 Å². The summed E-state index contributed by atoms with van der Waals surface area (Å²) in [5.74, 6) is 4.84. The molecule has 0 aliphatic heterocycles. The zero-order valence-electron chi connectivity index (χ0n) is 39.0. The van der Waals surface area contributed by atoms with Crippen LogP contribution in [0.1, 0.15) is 185 Å². The van der Waals surface area contributed by atoms with Crippen molar-refractivity contribution in [2.45, 2.75) is 186 Å². The second-order valence-corrected chi connectivity index (χ2v) is 19.6. The minimum absolute atomic E-state index is 0.0255. The Balaban J connectivity index is 0.000000306. The summed E-state index contributed by atoms with van der Waals surface area (Å²) in [4.78, 5) is 25.9. The van der Waals surface area contributed by atoms with Crippen molar-refractivity contribution >= 4 is 16.8 Å². The van der Waals surface area contributed by atoms with Gasteiger partial charge in [0.1, 0.15) is 0 Å². The average Bonchev–Trinajstić information content (AvgIpc) is 3.40. The lowest BCUT2D eigenvalue weighted by Gasteiger charge is -2.38. The molecule has 2 heterocycles. The monoisotopic (exact) mass is 788 g/mol. The van der Waals surface area contributed by atoms with Gasteiger partial charge in [-0.2, -0.15) is 0 Å². The van der Waals surface area contributed by atoms with E-state index in [0.29, 0.717) is 16.9 Å². The number of carbonyl (C=O) groups excluding carboxylic acids is 1. The first-order valence-electron chi connectivity index (χ1n) is 22.9. The predicted molar refractivity (Wildman–Crippen MR) is 245 cm³/mol. The lowest BCUT2D eigenvalue weighted by molar-refractivity contribution is 0.100. The van der Waals surface area contributed by atoms with E-state index in [1.807, 2.05) is 52.0 Å². The maximum atomic E-state index is 12.2. The minimum atomic E-state index is -0.344. The summed E-state index contributed by atoms with van der Waals surface area (Å²) in [6.45, 7) is 32.4. The Kier molecular flexibility index (Phi) is 18.6. The number of pyridine rings is 1. The number of hydrazine groups is 1. The number of hydrogen-bond acceptors (Lipinski definition) is 4. The zero-order chi connectivity index (χ0) is 42.7. The highest BCUT2D eigenvalue weighted by Gasteiger charge is 2.38. The van der Waals surface area contributed by atoms with Crippen molar-refractivity contribution in [3.8, 4) is 0 Å². The molecule has 2 fully saturated rings. The van der Waals surface area contributed by atoms with Crippen LogP contribution >= 0.6 is 0 Å². The highest BCUT2D eigenvalue weighted by atomic mass is 16.1. The lowest BCUT2D eigenvalue weighted by atomic mass is 9.72. The molecule has 2 aliphatic rings. The lowest BCUT2D eigenvalue weighted by Crippen LogP contribution is -2.52. The van der Waals surface area contributed by atoms with Crippen LogP contribution in [0.2, 0.25) is 0 Å². The van der Waals surface area contributed by atoms with Crippen molar-refractivity contribution in [3.05, 3.63) is 68.8 Å². The third-order valence-electron chi connectivity index (χ3n) is 14.7. The van der Waals surface area contributed by atoms with Gasteiger partial charge in [-0.15, -0.1) is 0 Å². The Morgan fingerprint density at radius 1 is 0.982 bits per heavy atom. The Hall–Kier alpha value is -2.90. The second-order valence-electron chi connectivity index (χ2n) is 19.6. The molecular formula is C50H85N5O2. The van der Waals surface area contributed by atoms with Crippen LogP contribution in [0.15, 0.2) is 35.1 Å². The molecule has 322 valence electrons. The van der Waals surface area contributed by atoms with E-state index in [4.69, 9.17) is 5.73 Å². The molecule has 0 radical (unpaired) electrons. The number of nitrogens with two attached hydrogens (primary N) is 1. The molecule has 1 amide bonds. The van der Waals surface area contributed by atoms with Gasteiger partial charge in [0.2, 0.25) is 0 Å². The molecule has 9 atom stereocenters. The van der Waals surface area contributed by atoms with E-state index in [1.54, 1.807) is 0 Å². The number of H-pyrrole nitrogens is 1. The van der Waals surface area contributed by atoms with E-state index in [0.717, 1.165) is 82.4 Å². The third kappa shape index (κ3) is 13.3. The smallest absolute Gasteiger partial charge is 0.251 e. The van der Waals surface area contributed by atoms with Crippen LogP contribution in [0, 0.1) is 68.6 Å². The molecule has 7 nitrogen and oxygen atoms in total. The molecule has 7 heteroatoms. The molecule has 5 rings (SSSR count). The first-order valence-corrected chi connectivity index (χ1v) is 22.9. The number of para-hydroxylation sites is 1. The molecule has 0 saturated heterocycles. The molecule has 3 aromatic rings. The molecule has 0 bridgehead atoms. The van der Waals surface area contributed by atoms with Gasteiger partial charge in [0.25, 0.3) is 11.5 Å². The van der Waals surface area contributed by atoms with E-state index in [9.17, 15) is 9.59 Å². The van der Waals surface area contributed by atoms with E-state index >= 15 is 0 Å². The van der Waals surface area contributed by atoms with Crippen molar-refractivity contribution in [1.29, 1.82) is 0 Å². The van der Waals surface area contributed by atoms with Gasteiger partial charge in [-0.25, -0.2) is 0 Å². The number of nitrogens with one attached hydrogen (secondary N) is 3. The minimum Gasteiger partial charge on any atom is -0.366 e. The van der Waals surface area contributed by atoms with Gasteiger partial charge in [-0.3, -0.25) is 20.4 Å². The molecule has 1 aromatic carbocycles. The number of fused-ring (bicyclic) bond motifs is 1. The molecule has 8 unspecified atom stereocenters. The van der Waals surface area contributed by atoms with Crippen molar-refractivity contribution in [2.24, 2.45) is 46.7 Å². The fourth-order valence-corrected chi connectivity index (χ4v) is 10.5. The van der Waals surface area contributed by atoms with Crippen LogP contribution in [0.5, 0.6) is 0 Å². The summed E-state index contributed by atoms with van der Waals surface area (Å²) in [5, 5.41) is 0.962. The maximum absolute atomic E-state index is 12.2. The Morgan fingerprint density at radius 3 is 2.26 bits per heavy atom. The number of carbonyl (C=O) groups is 1. The van der Waals surface area contributed by atoms with Crippen molar-refractivity contribution in [3.63, 3.8) is 0 Å². The Labute approximate surface area is 348 Å². The number of hydrogen-bond donors (Lipinski definition) is 4. The third-order valence-corrected chi connectivity index (χ3v) is 14.7. The summed E-state index contributed by atoms with van der Waals surface area (Å²) < 4.78 is 2.33. The number of aromatic nitrogens is 2. The zero-order valence-corrected chi connectivity index (χ0v) is 39.0. The fraction of sp³-hybridized carbons (Fsp3) is 0.720. The van der Waals surface area contributed by atoms with Gasteiger partial charge in [0, 0.05) is 46.0 Å². The molecule has 2 aromatic heterocycles. The molecule has 2 aliphatic carbocycles. The van der Waals surface area contributed by atoms with Crippen molar-refractivity contribution in [2.75, 3.05) is 6.54 Å². The summed E-state index contributed by atoms with van der Waals surface area (Å²) >= 11 is 0. The summed E-state index contributed by atoms with van der Waals surface area (Å²) in [6.07, 6.45) is 15.7. The average molecular weight is 788 g/mol. The van der Waals surface area contributed by atoms with Crippen LogP contribution in [0.25, 0.3) is 10.9 Å². The summed E-state index contributed by atoms with van der Waals surface area (Å²) in [7, 11) is 0. The quantitative estimate of drug-likeness (QED) is 0.0786. The molecular weight excluding hydrogens is 703 g/mol.